The van der Waals surface area contributed by atoms with Crippen molar-refractivity contribution in [2.45, 2.75) is 53.9 Å². The second-order valence-electron chi connectivity index (χ2n) is 7.61. The first-order chi connectivity index (χ1) is 8.30. The molecule has 1 saturated heterocycles. The van der Waals surface area contributed by atoms with E-state index in [1.165, 1.54) is 38.9 Å². The van der Waals surface area contributed by atoms with Crippen LogP contribution in [0.5, 0.6) is 0 Å². The molecule has 0 radical (unpaired) electrons. The summed E-state index contributed by atoms with van der Waals surface area (Å²) < 4.78 is 0. The van der Waals surface area contributed by atoms with Gasteiger partial charge in [-0.25, -0.2) is 0 Å². The average Bonchev–Trinajstić information content (AvgIpc) is 2.29. The molecule has 2 nitrogen and oxygen atoms in total. The molecule has 1 heterocycles. The number of nitrogens with zero attached hydrogens (tertiary/aromatic N) is 1. The zero-order valence-electron chi connectivity index (χ0n) is 13.5. The summed E-state index contributed by atoms with van der Waals surface area (Å²) in [6.45, 7) is 16.9. The normalized spacial score (nSPS) is 23.0. The summed E-state index contributed by atoms with van der Waals surface area (Å²) in [7, 11) is 2.07. The van der Waals surface area contributed by atoms with E-state index in [4.69, 9.17) is 0 Å². The maximum atomic E-state index is 3.36. The SMILES string of the molecule is CCC(C)(CNC)CN1CCC(C(C)(C)C)CC1. The summed E-state index contributed by atoms with van der Waals surface area (Å²) in [6.07, 6.45) is 4.01. The first-order valence-corrected chi connectivity index (χ1v) is 7.68. The second-order valence-corrected chi connectivity index (χ2v) is 7.61. The first-order valence-electron chi connectivity index (χ1n) is 7.68. The third-order valence-electron chi connectivity index (χ3n) is 4.87. The van der Waals surface area contributed by atoms with Gasteiger partial charge in [-0.3, -0.25) is 0 Å². The van der Waals surface area contributed by atoms with Crippen LogP contribution >= 0.6 is 0 Å². The Kier molecular flexibility index (Phi) is 5.67. The Bertz CT molecular complexity index is 236. The Hall–Kier alpha value is -0.0800. The van der Waals surface area contributed by atoms with Crippen molar-refractivity contribution in [2.24, 2.45) is 16.7 Å². The number of hydrogen-bond acceptors (Lipinski definition) is 2. The van der Waals surface area contributed by atoms with Crippen molar-refractivity contribution in [3.05, 3.63) is 0 Å². The van der Waals surface area contributed by atoms with Crippen LogP contribution in [-0.4, -0.2) is 38.1 Å². The molecule has 1 rings (SSSR count). The molecule has 0 saturated carbocycles. The highest BCUT2D eigenvalue weighted by atomic mass is 15.1. The zero-order valence-corrected chi connectivity index (χ0v) is 13.5. The maximum absolute atomic E-state index is 3.36. The number of rotatable bonds is 5. The van der Waals surface area contributed by atoms with Gasteiger partial charge in [-0.05, 0) is 56.1 Å². The van der Waals surface area contributed by atoms with Gasteiger partial charge in [-0.2, -0.15) is 0 Å². The summed E-state index contributed by atoms with van der Waals surface area (Å²) in [5.74, 6) is 0.908. The van der Waals surface area contributed by atoms with Gasteiger partial charge in [0.15, 0.2) is 0 Å². The van der Waals surface area contributed by atoms with Crippen molar-refractivity contribution in [2.75, 3.05) is 33.2 Å². The number of piperidine rings is 1. The van der Waals surface area contributed by atoms with E-state index in [1.54, 1.807) is 0 Å². The lowest BCUT2D eigenvalue weighted by Gasteiger charge is -2.42. The minimum Gasteiger partial charge on any atom is -0.319 e. The van der Waals surface area contributed by atoms with E-state index in [2.05, 4.69) is 51.9 Å². The van der Waals surface area contributed by atoms with Gasteiger partial charge in [0, 0.05) is 13.1 Å². The van der Waals surface area contributed by atoms with Crippen LogP contribution in [0.15, 0.2) is 0 Å². The van der Waals surface area contributed by atoms with E-state index >= 15 is 0 Å². The van der Waals surface area contributed by atoms with E-state index in [0.29, 0.717) is 10.8 Å². The van der Waals surface area contributed by atoms with Crippen LogP contribution < -0.4 is 5.32 Å². The Morgan fingerprint density at radius 2 is 1.67 bits per heavy atom. The smallest absolute Gasteiger partial charge is 0.00474 e. The van der Waals surface area contributed by atoms with Crippen LogP contribution in [0, 0.1) is 16.7 Å². The second kappa shape index (κ2) is 6.38. The van der Waals surface area contributed by atoms with Crippen LogP contribution in [0.25, 0.3) is 0 Å². The van der Waals surface area contributed by atoms with E-state index in [1.807, 2.05) is 0 Å². The summed E-state index contributed by atoms with van der Waals surface area (Å²) in [6, 6.07) is 0. The Labute approximate surface area is 115 Å². The molecule has 0 spiro atoms. The Morgan fingerprint density at radius 3 is 2.06 bits per heavy atom. The minimum atomic E-state index is 0.434. The summed E-state index contributed by atoms with van der Waals surface area (Å²) in [4.78, 5) is 2.68. The summed E-state index contributed by atoms with van der Waals surface area (Å²) in [5.41, 5.74) is 0.925. The van der Waals surface area contributed by atoms with Crippen molar-refractivity contribution < 1.29 is 0 Å². The molecule has 0 bridgehead atoms. The molecule has 2 heteroatoms. The molecule has 0 amide bonds. The van der Waals surface area contributed by atoms with Crippen molar-refractivity contribution in [1.29, 1.82) is 0 Å². The van der Waals surface area contributed by atoms with Crippen LogP contribution in [0.1, 0.15) is 53.9 Å². The third kappa shape index (κ3) is 4.55. The number of likely N-dealkylation sites (tertiary alicyclic amines) is 1. The summed E-state index contributed by atoms with van der Waals surface area (Å²) >= 11 is 0. The van der Waals surface area contributed by atoms with Crippen LogP contribution in [0.4, 0.5) is 0 Å². The fourth-order valence-electron chi connectivity index (χ4n) is 3.22. The predicted octanol–water partition coefficient (Wildman–Crippen LogP) is 3.38. The third-order valence-corrected chi connectivity index (χ3v) is 4.87. The molecule has 1 aliphatic heterocycles. The van der Waals surface area contributed by atoms with Crippen molar-refractivity contribution in [3.8, 4) is 0 Å². The molecule has 1 N–H and O–H groups in total. The van der Waals surface area contributed by atoms with Crippen LogP contribution in [-0.2, 0) is 0 Å². The topological polar surface area (TPSA) is 15.3 Å². The molecule has 1 aliphatic rings. The molecule has 108 valence electrons. The molecule has 0 aromatic rings. The van der Waals surface area contributed by atoms with Gasteiger partial charge >= 0.3 is 0 Å². The Morgan fingerprint density at radius 1 is 1.11 bits per heavy atom. The van der Waals surface area contributed by atoms with Crippen molar-refractivity contribution >= 4 is 0 Å². The first kappa shape index (κ1) is 16.0. The molecule has 1 unspecified atom stereocenters. The molecule has 0 aromatic carbocycles. The highest BCUT2D eigenvalue weighted by Gasteiger charge is 2.31. The lowest BCUT2D eigenvalue weighted by atomic mass is 9.75. The average molecular weight is 254 g/mol. The quantitative estimate of drug-likeness (QED) is 0.809. The minimum absolute atomic E-state index is 0.434. The molecule has 1 fully saturated rings. The standard InChI is InChI=1S/C16H34N2/c1-7-16(5,12-17-6)13-18-10-8-14(9-11-18)15(2,3)4/h14,17H,7-13H2,1-6H3. The van der Waals surface area contributed by atoms with Gasteiger partial charge in [-0.1, -0.05) is 34.6 Å². The summed E-state index contributed by atoms with van der Waals surface area (Å²) in [5, 5.41) is 3.36. The predicted molar refractivity (Wildman–Crippen MR) is 80.9 cm³/mol. The van der Waals surface area contributed by atoms with Gasteiger partial charge in [0.05, 0.1) is 0 Å². The molecule has 1 atom stereocenters. The lowest BCUT2D eigenvalue weighted by molar-refractivity contribution is 0.0782. The molecular formula is C16H34N2. The zero-order chi connectivity index (χ0) is 13.8. The monoisotopic (exact) mass is 254 g/mol. The maximum Gasteiger partial charge on any atom is 0.00474 e. The van der Waals surface area contributed by atoms with Gasteiger partial charge in [-0.15, -0.1) is 0 Å². The van der Waals surface area contributed by atoms with Gasteiger partial charge in [0.2, 0.25) is 0 Å². The highest BCUT2D eigenvalue weighted by Crippen LogP contribution is 2.35. The molecule has 0 aliphatic carbocycles. The van der Waals surface area contributed by atoms with Crippen molar-refractivity contribution in [1.82, 2.24) is 10.2 Å². The van der Waals surface area contributed by atoms with E-state index < -0.39 is 0 Å². The number of hydrogen-bond donors (Lipinski definition) is 1. The fourth-order valence-corrected chi connectivity index (χ4v) is 3.22. The van der Waals surface area contributed by atoms with Crippen LogP contribution in [0.2, 0.25) is 0 Å². The van der Waals surface area contributed by atoms with Gasteiger partial charge < -0.3 is 10.2 Å². The lowest BCUT2D eigenvalue weighted by Crippen LogP contribution is -2.45. The largest absolute Gasteiger partial charge is 0.319 e. The van der Waals surface area contributed by atoms with Gasteiger partial charge in [0.25, 0.3) is 0 Å². The van der Waals surface area contributed by atoms with E-state index in [9.17, 15) is 0 Å². The van der Waals surface area contributed by atoms with Crippen LogP contribution in [0.3, 0.4) is 0 Å². The molecular weight excluding hydrogens is 220 g/mol. The number of nitrogens with one attached hydrogen (secondary N) is 1. The molecule has 18 heavy (non-hydrogen) atoms. The highest BCUT2D eigenvalue weighted by molar-refractivity contribution is 4.85. The van der Waals surface area contributed by atoms with E-state index in [0.717, 1.165) is 12.5 Å². The van der Waals surface area contributed by atoms with Gasteiger partial charge in [0.1, 0.15) is 0 Å². The van der Waals surface area contributed by atoms with Crippen molar-refractivity contribution in [3.63, 3.8) is 0 Å². The molecule has 0 aromatic heterocycles. The Balaban J connectivity index is 2.44. The fraction of sp³-hybridized carbons (Fsp3) is 1.00. The van der Waals surface area contributed by atoms with E-state index in [-0.39, 0.29) is 0 Å².